The predicted molar refractivity (Wildman–Crippen MR) is 169 cm³/mol. The number of rotatable bonds is 24. The van der Waals surface area contributed by atoms with Crippen molar-refractivity contribution in [2.45, 2.75) is 135 Å². The van der Waals surface area contributed by atoms with E-state index in [0.29, 0.717) is 6.42 Å². The SMILES string of the molecule is CCCCCCCCCCCCC/C=C\[C@@H](O)C(COCc1cccc(-c2ccccn2)n1)NC(=O)CCCCC. The van der Waals surface area contributed by atoms with Crippen LogP contribution in [0.4, 0.5) is 0 Å². The Balaban J connectivity index is 1.75. The third-order valence-corrected chi connectivity index (χ3v) is 7.36. The van der Waals surface area contributed by atoms with E-state index in [-0.39, 0.29) is 19.1 Å². The first-order valence-corrected chi connectivity index (χ1v) is 16.2. The molecule has 2 aromatic rings. The molecule has 2 N–H and O–H groups in total. The van der Waals surface area contributed by atoms with Gasteiger partial charge in [-0.25, -0.2) is 4.98 Å². The van der Waals surface area contributed by atoms with E-state index in [1.165, 1.54) is 64.2 Å². The second-order valence-corrected chi connectivity index (χ2v) is 11.1. The van der Waals surface area contributed by atoms with Gasteiger partial charge < -0.3 is 15.2 Å². The van der Waals surface area contributed by atoms with Crippen molar-refractivity contribution in [3.63, 3.8) is 0 Å². The molecular formula is C35H55N3O3. The van der Waals surface area contributed by atoms with Gasteiger partial charge in [0.05, 0.1) is 42.4 Å². The maximum Gasteiger partial charge on any atom is 0.220 e. The van der Waals surface area contributed by atoms with Crippen LogP contribution in [-0.2, 0) is 16.1 Å². The van der Waals surface area contributed by atoms with Crippen molar-refractivity contribution < 1.29 is 14.6 Å². The topological polar surface area (TPSA) is 84.3 Å². The standard InChI is InChI=1S/C35H55N3O3/c1-3-5-7-8-9-10-11-12-13-14-15-16-18-25-34(39)33(38-35(40)26-17-6-4-2)29-41-28-30-22-21-24-32(37-30)31-23-19-20-27-36-31/h18-25,27,33-34,39H,3-17,26,28-29H2,1-2H3,(H,38,40)/b25-18-/t33?,34-/m1/s1. The molecule has 2 atom stereocenters. The summed E-state index contributed by atoms with van der Waals surface area (Å²) in [7, 11) is 0. The zero-order chi connectivity index (χ0) is 29.4. The summed E-state index contributed by atoms with van der Waals surface area (Å²) in [5.74, 6) is -0.0415. The molecule has 1 unspecified atom stereocenters. The Labute approximate surface area is 249 Å². The minimum atomic E-state index is -0.800. The van der Waals surface area contributed by atoms with E-state index in [1.54, 1.807) is 6.20 Å². The summed E-state index contributed by atoms with van der Waals surface area (Å²) in [5, 5.41) is 13.9. The molecule has 41 heavy (non-hydrogen) atoms. The van der Waals surface area contributed by atoms with Gasteiger partial charge in [0.2, 0.25) is 5.91 Å². The molecule has 2 heterocycles. The largest absolute Gasteiger partial charge is 0.387 e. The van der Waals surface area contributed by atoms with Crippen molar-refractivity contribution in [1.82, 2.24) is 15.3 Å². The zero-order valence-corrected chi connectivity index (χ0v) is 25.7. The molecule has 0 saturated carbocycles. The predicted octanol–water partition coefficient (Wildman–Crippen LogP) is 8.34. The van der Waals surface area contributed by atoms with Gasteiger partial charge in [0.1, 0.15) is 0 Å². The maximum absolute atomic E-state index is 12.5. The first kappa shape index (κ1) is 34.6. The van der Waals surface area contributed by atoms with Gasteiger partial charge in [-0.05, 0) is 43.5 Å². The smallest absolute Gasteiger partial charge is 0.220 e. The molecule has 0 aliphatic carbocycles. The molecule has 0 bridgehead atoms. The van der Waals surface area contributed by atoms with E-state index in [4.69, 9.17) is 4.74 Å². The number of allylic oxidation sites excluding steroid dienone is 1. The summed E-state index contributed by atoms with van der Waals surface area (Å²) in [4.78, 5) is 21.6. The molecular weight excluding hydrogens is 510 g/mol. The zero-order valence-electron chi connectivity index (χ0n) is 25.7. The van der Waals surface area contributed by atoms with E-state index >= 15 is 0 Å². The van der Waals surface area contributed by atoms with E-state index in [2.05, 4.69) is 29.1 Å². The molecule has 0 aliphatic rings. The molecule has 0 saturated heterocycles. The number of aliphatic hydroxyl groups is 1. The number of amides is 1. The van der Waals surface area contributed by atoms with Crippen molar-refractivity contribution in [1.29, 1.82) is 0 Å². The number of aromatic nitrogens is 2. The van der Waals surface area contributed by atoms with Gasteiger partial charge in [-0.1, -0.05) is 115 Å². The summed E-state index contributed by atoms with van der Waals surface area (Å²) in [5.41, 5.74) is 2.38. The summed E-state index contributed by atoms with van der Waals surface area (Å²) >= 11 is 0. The van der Waals surface area contributed by atoms with Crippen molar-refractivity contribution in [3.05, 3.63) is 60.4 Å². The Morgan fingerprint density at radius 2 is 1.51 bits per heavy atom. The second-order valence-electron chi connectivity index (χ2n) is 11.1. The Morgan fingerprint density at radius 3 is 2.20 bits per heavy atom. The second kappa shape index (κ2) is 23.0. The fourth-order valence-corrected chi connectivity index (χ4v) is 4.84. The first-order chi connectivity index (χ1) is 20.1. The number of hydrogen-bond donors (Lipinski definition) is 2. The number of unbranched alkanes of at least 4 members (excludes halogenated alkanes) is 13. The highest BCUT2D eigenvalue weighted by Gasteiger charge is 2.19. The Morgan fingerprint density at radius 1 is 0.854 bits per heavy atom. The number of ether oxygens (including phenoxy) is 1. The minimum Gasteiger partial charge on any atom is -0.387 e. The van der Waals surface area contributed by atoms with Crippen molar-refractivity contribution in [3.8, 4) is 11.4 Å². The maximum atomic E-state index is 12.5. The summed E-state index contributed by atoms with van der Waals surface area (Å²) in [6.07, 6.45) is 23.7. The highest BCUT2D eigenvalue weighted by molar-refractivity contribution is 5.76. The van der Waals surface area contributed by atoms with Gasteiger partial charge in [-0.3, -0.25) is 9.78 Å². The lowest BCUT2D eigenvalue weighted by Crippen LogP contribution is -2.45. The highest BCUT2D eigenvalue weighted by Crippen LogP contribution is 2.15. The van der Waals surface area contributed by atoms with Gasteiger partial charge in [0.15, 0.2) is 0 Å². The van der Waals surface area contributed by atoms with Gasteiger partial charge in [-0.15, -0.1) is 0 Å². The molecule has 228 valence electrons. The van der Waals surface area contributed by atoms with Gasteiger partial charge >= 0.3 is 0 Å². The van der Waals surface area contributed by atoms with Gasteiger partial charge in [0.25, 0.3) is 0 Å². The van der Waals surface area contributed by atoms with Crippen LogP contribution >= 0.6 is 0 Å². The third kappa shape index (κ3) is 16.5. The van der Waals surface area contributed by atoms with Crippen LogP contribution in [0.2, 0.25) is 0 Å². The minimum absolute atomic E-state index is 0.0415. The average Bonchev–Trinajstić information content (AvgIpc) is 2.99. The van der Waals surface area contributed by atoms with Crippen LogP contribution < -0.4 is 5.32 Å². The fraction of sp³-hybridized carbons (Fsp3) is 0.629. The van der Waals surface area contributed by atoms with E-state index < -0.39 is 12.1 Å². The van der Waals surface area contributed by atoms with Crippen LogP contribution in [0.5, 0.6) is 0 Å². The number of carbonyl (C=O) groups is 1. The van der Waals surface area contributed by atoms with E-state index in [1.807, 2.05) is 48.6 Å². The molecule has 0 fully saturated rings. The van der Waals surface area contributed by atoms with Crippen LogP contribution in [0.15, 0.2) is 54.7 Å². The molecule has 0 aromatic carbocycles. The van der Waals surface area contributed by atoms with Crippen molar-refractivity contribution in [2.24, 2.45) is 0 Å². The highest BCUT2D eigenvalue weighted by atomic mass is 16.5. The lowest BCUT2D eigenvalue weighted by Gasteiger charge is -2.22. The fourth-order valence-electron chi connectivity index (χ4n) is 4.84. The monoisotopic (exact) mass is 565 g/mol. The van der Waals surface area contributed by atoms with Crippen LogP contribution in [-0.4, -0.2) is 39.7 Å². The number of nitrogens with zero attached hydrogens (tertiary/aromatic N) is 2. The Kier molecular flexibility index (Phi) is 19.5. The van der Waals surface area contributed by atoms with Crippen LogP contribution in [0.25, 0.3) is 11.4 Å². The Hall–Kier alpha value is -2.57. The number of hydrogen-bond acceptors (Lipinski definition) is 5. The summed E-state index contributed by atoms with van der Waals surface area (Å²) < 4.78 is 5.95. The number of pyridine rings is 2. The van der Waals surface area contributed by atoms with Crippen LogP contribution in [0.1, 0.15) is 122 Å². The number of aliphatic hydroxyl groups excluding tert-OH is 1. The van der Waals surface area contributed by atoms with Gasteiger partial charge in [0, 0.05) is 12.6 Å². The van der Waals surface area contributed by atoms with E-state index in [0.717, 1.165) is 49.2 Å². The van der Waals surface area contributed by atoms with Crippen LogP contribution in [0, 0.1) is 0 Å². The molecule has 2 rings (SSSR count). The summed E-state index contributed by atoms with van der Waals surface area (Å²) in [6, 6.07) is 11.0. The quantitative estimate of drug-likeness (QED) is 0.0987. The normalized spacial score (nSPS) is 13.0. The lowest BCUT2D eigenvalue weighted by atomic mass is 10.0. The molecule has 1 amide bonds. The molecule has 6 heteroatoms. The average molecular weight is 566 g/mol. The Bertz CT molecular complexity index is 951. The first-order valence-electron chi connectivity index (χ1n) is 16.2. The van der Waals surface area contributed by atoms with E-state index in [9.17, 15) is 9.90 Å². The third-order valence-electron chi connectivity index (χ3n) is 7.36. The molecule has 0 radical (unpaired) electrons. The van der Waals surface area contributed by atoms with Gasteiger partial charge in [-0.2, -0.15) is 0 Å². The summed E-state index contributed by atoms with van der Waals surface area (Å²) in [6.45, 7) is 4.88. The van der Waals surface area contributed by atoms with Crippen molar-refractivity contribution >= 4 is 5.91 Å². The van der Waals surface area contributed by atoms with Crippen LogP contribution in [0.3, 0.4) is 0 Å². The molecule has 0 aliphatic heterocycles. The molecule has 0 spiro atoms. The molecule has 6 nitrogen and oxygen atoms in total. The molecule has 2 aromatic heterocycles. The lowest BCUT2D eigenvalue weighted by molar-refractivity contribution is -0.123. The van der Waals surface area contributed by atoms with Crippen molar-refractivity contribution in [2.75, 3.05) is 6.61 Å². The number of nitrogens with one attached hydrogen (secondary N) is 1. The number of carbonyl (C=O) groups excluding carboxylic acids is 1.